The maximum Gasteiger partial charge on any atom is 0.0670 e. The van der Waals surface area contributed by atoms with Crippen LogP contribution in [-0.4, -0.2) is 23.2 Å². The Morgan fingerprint density at radius 2 is 1.41 bits per heavy atom. The van der Waals surface area contributed by atoms with Gasteiger partial charge in [-0.15, -0.1) is 0 Å². The summed E-state index contributed by atoms with van der Waals surface area (Å²) in [4.78, 5) is 2.27. The van der Waals surface area contributed by atoms with Crippen LogP contribution >= 0.6 is 0 Å². The van der Waals surface area contributed by atoms with Crippen molar-refractivity contribution >= 4 is 0 Å². The molecule has 1 atom stereocenters. The summed E-state index contributed by atoms with van der Waals surface area (Å²) in [7, 11) is 0. The van der Waals surface area contributed by atoms with Gasteiger partial charge in [-0.05, 0) is 17.5 Å². The van der Waals surface area contributed by atoms with E-state index in [1.807, 2.05) is 36.4 Å². The van der Waals surface area contributed by atoms with E-state index in [1.54, 1.807) is 0 Å². The van der Waals surface area contributed by atoms with Crippen LogP contribution in [0.25, 0.3) is 0 Å². The maximum absolute atomic E-state index is 9.25. The van der Waals surface area contributed by atoms with Gasteiger partial charge in [-0.2, -0.15) is 5.26 Å². The van der Waals surface area contributed by atoms with Gasteiger partial charge in [0.1, 0.15) is 0 Å². The van der Waals surface area contributed by atoms with E-state index in [1.165, 1.54) is 11.1 Å². The number of nitriles is 1. The van der Waals surface area contributed by atoms with Crippen LogP contribution in [0.5, 0.6) is 0 Å². The molecule has 2 rings (SSSR count). The van der Waals surface area contributed by atoms with Crippen LogP contribution in [0.4, 0.5) is 0 Å². The van der Waals surface area contributed by atoms with E-state index in [4.69, 9.17) is 5.11 Å². The van der Waals surface area contributed by atoms with Crippen LogP contribution in [0.15, 0.2) is 60.7 Å². The fourth-order valence-electron chi connectivity index (χ4n) is 2.53. The Bertz CT molecular complexity index is 536. The lowest BCUT2D eigenvalue weighted by molar-refractivity contribution is 0.205. The second-order valence-electron chi connectivity index (χ2n) is 5.48. The zero-order valence-electron chi connectivity index (χ0n) is 12.7. The van der Waals surface area contributed by atoms with Crippen LogP contribution < -0.4 is 0 Å². The smallest absolute Gasteiger partial charge is 0.0670 e. The van der Waals surface area contributed by atoms with Gasteiger partial charge in [0.2, 0.25) is 0 Å². The lowest BCUT2D eigenvalue weighted by Crippen LogP contribution is -2.29. The van der Waals surface area contributed by atoms with Gasteiger partial charge in [0, 0.05) is 26.2 Å². The molecular weight excluding hydrogens is 272 g/mol. The van der Waals surface area contributed by atoms with Crippen molar-refractivity contribution in [2.45, 2.75) is 19.5 Å². The van der Waals surface area contributed by atoms with Gasteiger partial charge in [0.25, 0.3) is 0 Å². The molecule has 3 heteroatoms. The number of aliphatic hydroxyl groups excluding tert-OH is 1. The molecule has 0 saturated heterocycles. The molecule has 2 aromatic rings. The molecule has 114 valence electrons. The minimum Gasteiger partial charge on any atom is -0.396 e. The standard InChI is InChI=1S/C19H22N2O/c20-13-19(11-12-22)16-21(14-17-7-3-1-4-8-17)15-18-9-5-2-6-10-18/h1-10,19,22H,11-12,14-16H2/t19-/m0/s1. The molecule has 22 heavy (non-hydrogen) atoms. The molecule has 0 radical (unpaired) electrons. The van der Waals surface area contributed by atoms with E-state index >= 15 is 0 Å². The fourth-order valence-corrected chi connectivity index (χ4v) is 2.53. The van der Waals surface area contributed by atoms with Crippen molar-refractivity contribution in [3.05, 3.63) is 71.8 Å². The average molecular weight is 294 g/mol. The second-order valence-corrected chi connectivity index (χ2v) is 5.48. The van der Waals surface area contributed by atoms with E-state index in [0.717, 1.165) is 13.1 Å². The van der Waals surface area contributed by atoms with Crippen LogP contribution in [0, 0.1) is 17.2 Å². The summed E-state index contributed by atoms with van der Waals surface area (Å²) in [6.07, 6.45) is 0.524. The Morgan fingerprint density at radius 1 is 0.909 bits per heavy atom. The first-order valence-corrected chi connectivity index (χ1v) is 7.62. The molecule has 0 fully saturated rings. The summed E-state index contributed by atoms with van der Waals surface area (Å²) in [5, 5.41) is 18.3. The van der Waals surface area contributed by atoms with Crippen LogP contribution in [0.2, 0.25) is 0 Å². The normalized spacial score (nSPS) is 12.0. The molecule has 0 aliphatic heterocycles. The highest BCUT2D eigenvalue weighted by Crippen LogP contribution is 2.13. The van der Waals surface area contributed by atoms with E-state index in [0.29, 0.717) is 13.0 Å². The molecule has 0 aromatic heterocycles. The Labute approximate surface area is 132 Å². The Morgan fingerprint density at radius 3 is 1.82 bits per heavy atom. The minimum atomic E-state index is -0.141. The van der Waals surface area contributed by atoms with Gasteiger partial charge in [0.05, 0.1) is 12.0 Å². The summed E-state index contributed by atoms with van der Waals surface area (Å²) in [5.74, 6) is -0.141. The third-order valence-electron chi connectivity index (χ3n) is 3.64. The fraction of sp³-hybridized carbons (Fsp3) is 0.316. The van der Waals surface area contributed by atoms with Crippen molar-refractivity contribution < 1.29 is 5.11 Å². The van der Waals surface area contributed by atoms with Gasteiger partial charge in [0.15, 0.2) is 0 Å². The number of rotatable bonds is 8. The largest absolute Gasteiger partial charge is 0.396 e. The monoisotopic (exact) mass is 294 g/mol. The highest BCUT2D eigenvalue weighted by molar-refractivity contribution is 5.17. The molecule has 0 amide bonds. The van der Waals surface area contributed by atoms with Crippen molar-refractivity contribution in [2.24, 2.45) is 5.92 Å². The third kappa shape index (κ3) is 5.33. The van der Waals surface area contributed by atoms with Gasteiger partial charge < -0.3 is 5.11 Å². The molecule has 0 aliphatic carbocycles. The second kappa shape index (κ2) is 8.99. The van der Waals surface area contributed by atoms with E-state index in [9.17, 15) is 5.26 Å². The molecule has 0 spiro atoms. The summed E-state index contributed by atoms with van der Waals surface area (Å²) >= 11 is 0. The lowest BCUT2D eigenvalue weighted by atomic mass is 10.1. The van der Waals surface area contributed by atoms with Crippen molar-refractivity contribution in [1.82, 2.24) is 4.90 Å². The summed E-state index contributed by atoms with van der Waals surface area (Å²) < 4.78 is 0. The molecule has 1 N–H and O–H groups in total. The first kappa shape index (κ1) is 16.2. The van der Waals surface area contributed by atoms with Gasteiger partial charge in [-0.3, -0.25) is 4.90 Å². The van der Waals surface area contributed by atoms with E-state index in [2.05, 4.69) is 35.2 Å². The third-order valence-corrected chi connectivity index (χ3v) is 3.64. The molecule has 0 aliphatic rings. The Kier molecular flexibility index (Phi) is 6.63. The summed E-state index contributed by atoms with van der Waals surface area (Å²) in [6.45, 7) is 2.34. The van der Waals surface area contributed by atoms with Crippen molar-refractivity contribution in [2.75, 3.05) is 13.2 Å². The Balaban J connectivity index is 2.07. The predicted molar refractivity (Wildman–Crippen MR) is 87.8 cm³/mol. The number of aliphatic hydroxyl groups is 1. The zero-order valence-corrected chi connectivity index (χ0v) is 12.7. The number of hydrogen-bond acceptors (Lipinski definition) is 3. The minimum absolute atomic E-state index is 0.0583. The SMILES string of the molecule is N#C[C@H](CCO)CN(Cc1ccccc1)Cc1ccccc1. The highest BCUT2D eigenvalue weighted by Gasteiger charge is 2.14. The maximum atomic E-state index is 9.25. The first-order chi connectivity index (χ1) is 10.8. The molecule has 2 aromatic carbocycles. The van der Waals surface area contributed by atoms with Gasteiger partial charge >= 0.3 is 0 Å². The predicted octanol–water partition coefficient (Wildman–Crippen LogP) is 3.21. The molecular formula is C19H22N2O. The number of hydrogen-bond donors (Lipinski definition) is 1. The van der Waals surface area contributed by atoms with Crippen LogP contribution in [0.1, 0.15) is 17.5 Å². The molecule has 0 heterocycles. The molecule has 0 bridgehead atoms. The van der Waals surface area contributed by atoms with Crippen molar-refractivity contribution in [1.29, 1.82) is 5.26 Å². The number of nitrogens with zero attached hydrogens (tertiary/aromatic N) is 2. The van der Waals surface area contributed by atoms with Gasteiger partial charge in [-0.25, -0.2) is 0 Å². The molecule has 0 saturated carbocycles. The average Bonchev–Trinajstić information content (AvgIpc) is 2.56. The van der Waals surface area contributed by atoms with Crippen molar-refractivity contribution in [3.63, 3.8) is 0 Å². The zero-order chi connectivity index (χ0) is 15.6. The van der Waals surface area contributed by atoms with Crippen LogP contribution in [-0.2, 0) is 13.1 Å². The topological polar surface area (TPSA) is 47.3 Å². The highest BCUT2D eigenvalue weighted by atomic mass is 16.3. The van der Waals surface area contributed by atoms with Crippen molar-refractivity contribution in [3.8, 4) is 6.07 Å². The van der Waals surface area contributed by atoms with Gasteiger partial charge in [-0.1, -0.05) is 60.7 Å². The summed E-state index contributed by atoms with van der Waals surface area (Å²) in [6, 6.07) is 22.9. The first-order valence-electron chi connectivity index (χ1n) is 7.62. The van der Waals surface area contributed by atoms with E-state index in [-0.39, 0.29) is 12.5 Å². The quantitative estimate of drug-likeness (QED) is 0.813. The Hall–Kier alpha value is -2.15. The molecule has 0 unspecified atom stereocenters. The lowest BCUT2D eigenvalue weighted by Gasteiger charge is -2.24. The molecule has 3 nitrogen and oxygen atoms in total. The van der Waals surface area contributed by atoms with E-state index < -0.39 is 0 Å². The summed E-state index contributed by atoms with van der Waals surface area (Å²) in [5.41, 5.74) is 2.47. The number of benzene rings is 2. The van der Waals surface area contributed by atoms with Crippen LogP contribution in [0.3, 0.4) is 0 Å².